The van der Waals surface area contributed by atoms with Crippen LogP contribution in [0.25, 0.3) is 11.3 Å². The van der Waals surface area contributed by atoms with E-state index in [9.17, 15) is 14.9 Å². The first-order valence-electron chi connectivity index (χ1n) is 8.29. The normalized spacial score (nSPS) is 11.6. The van der Waals surface area contributed by atoms with Gasteiger partial charge in [0, 0.05) is 23.1 Å². The molecule has 0 spiro atoms. The van der Waals surface area contributed by atoms with Gasteiger partial charge >= 0.3 is 0 Å². The number of carbonyl (C=O) groups excluding carboxylic acids is 1. The highest BCUT2D eigenvalue weighted by molar-refractivity contribution is 8.02. The summed E-state index contributed by atoms with van der Waals surface area (Å²) >= 11 is 2.80. The molecule has 1 unspecified atom stereocenters. The highest BCUT2D eigenvalue weighted by Crippen LogP contribution is 2.33. The van der Waals surface area contributed by atoms with Gasteiger partial charge in [-0.05, 0) is 13.0 Å². The SMILES string of the molecule is COc1ccc([N+](=O)[O-])cc1NC(=O)C(C)Sc1nc(-c2ccccc2)cs1. The van der Waals surface area contributed by atoms with Gasteiger partial charge in [-0.25, -0.2) is 4.98 Å². The number of thiazole rings is 1. The third kappa shape index (κ3) is 4.68. The number of carbonyl (C=O) groups is 1. The van der Waals surface area contributed by atoms with Crippen LogP contribution in [-0.4, -0.2) is 28.2 Å². The molecule has 0 fully saturated rings. The molecule has 1 atom stereocenters. The highest BCUT2D eigenvalue weighted by atomic mass is 32.2. The van der Waals surface area contributed by atoms with Gasteiger partial charge in [-0.15, -0.1) is 11.3 Å². The van der Waals surface area contributed by atoms with Gasteiger partial charge in [-0.2, -0.15) is 0 Å². The van der Waals surface area contributed by atoms with E-state index in [-0.39, 0.29) is 17.3 Å². The van der Waals surface area contributed by atoms with Crippen LogP contribution in [0.2, 0.25) is 0 Å². The van der Waals surface area contributed by atoms with Gasteiger partial charge in [-0.3, -0.25) is 14.9 Å². The Hall–Kier alpha value is -2.91. The molecule has 1 amide bonds. The molecule has 1 N–H and O–H groups in total. The van der Waals surface area contributed by atoms with Crippen molar-refractivity contribution < 1.29 is 14.5 Å². The summed E-state index contributed by atoms with van der Waals surface area (Å²) in [5, 5.41) is 15.2. The van der Waals surface area contributed by atoms with Crippen LogP contribution in [0.5, 0.6) is 5.75 Å². The third-order valence-electron chi connectivity index (χ3n) is 3.85. The zero-order valence-corrected chi connectivity index (χ0v) is 16.8. The van der Waals surface area contributed by atoms with Crippen molar-refractivity contribution in [2.75, 3.05) is 12.4 Å². The van der Waals surface area contributed by atoms with Crippen molar-refractivity contribution in [3.63, 3.8) is 0 Å². The number of anilines is 1. The van der Waals surface area contributed by atoms with E-state index in [1.165, 1.54) is 48.4 Å². The van der Waals surface area contributed by atoms with Crippen LogP contribution in [0.1, 0.15) is 6.92 Å². The fraction of sp³-hybridized carbons (Fsp3) is 0.158. The Bertz CT molecular complexity index is 992. The Labute approximate surface area is 169 Å². The molecule has 3 rings (SSSR count). The van der Waals surface area contributed by atoms with Crippen LogP contribution < -0.4 is 10.1 Å². The molecule has 0 saturated heterocycles. The number of rotatable bonds is 7. The van der Waals surface area contributed by atoms with Crippen molar-refractivity contribution in [3.05, 3.63) is 64.0 Å². The fourth-order valence-electron chi connectivity index (χ4n) is 2.40. The highest BCUT2D eigenvalue weighted by Gasteiger charge is 2.20. The summed E-state index contributed by atoms with van der Waals surface area (Å²) in [7, 11) is 1.44. The van der Waals surface area contributed by atoms with Crippen LogP contribution in [0.4, 0.5) is 11.4 Å². The van der Waals surface area contributed by atoms with Gasteiger partial charge in [0.15, 0.2) is 4.34 Å². The van der Waals surface area contributed by atoms with E-state index in [1.807, 2.05) is 35.7 Å². The molecule has 2 aromatic carbocycles. The second-order valence-electron chi connectivity index (χ2n) is 5.76. The van der Waals surface area contributed by atoms with Gasteiger partial charge in [0.25, 0.3) is 5.69 Å². The molecule has 0 bridgehead atoms. The lowest BCUT2D eigenvalue weighted by Crippen LogP contribution is -2.22. The number of aromatic nitrogens is 1. The average molecular weight is 415 g/mol. The van der Waals surface area contributed by atoms with Crippen LogP contribution >= 0.6 is 23.1 Å². The summed E-state index contributed by atoms with van der Waals surface area (Å²) in [5.41, 5.74) is 2.02. The number of benzene rings is 2. The molecule has 0 aliphatic carbocycles. The molecule has 144 valence electrons. The lowest BCUT2D eigenvalue weighted by molar-refractivity contribution is -0.384. The maximum absolute atomic E-state index is 12.6. The molecule has 0 aliphatic heterocycles. The van der Waals surface area contributed by atoms with Crippen LogP contribution in [0, 0.1) is 10.1 Å². The van der Waals surface area contributed by atoms with Gasteiger partial charge < -0.3 is 10.1 Å². The molecule has 0 saturated carbocycles. The summed E-state index contributed by atoms with van der Waals surface area (Å²) in [5.74, 6) is 0.0667. The van der Waals surface area contributed by atoms with Gasteiger partial charge in [0.2, 0.25) is 5.91 Å². The molecule has 1 heterocycles. The number of amides is 1. The number of nitrogens with zero attached hydrogens (tertiary/aromatic N) is 2. The minimum atomic E-state index is -0.520. The number of nitrogens with one attached hydrogen (secondary N) is 1. The molecule has 0 radical (unpaired) electrons. The molecule has 3 aromatic rings. The molecule has 9 heteroatoms. The predicted octanol–water partition coefficient (Wildman–Crippen LogP) is 4.85. The number of nitro groups is 1. The minimum absolute atomic E-state index is 0.121. The van der Waals surface area contributed by atoms with E-state index >= 15 is 0 Å². The van der Waals surface area contributed by atoms with Crippen LogP contribution in [-0.2, 0) is 4.79 Å². The van der Waals surface area contributed by atoms with E-state index in [0.29, 0.717) is 5.75 Å². The lowest BCUT2D eigenvalue weighted by atomic mass is 10.2. The van der Waals surface area contributed by atoms with Gasteiger partial charge in [0.05, 0.1) is 28.7 Å². The second-order valence-corrected chi connectivity index (χ2v) is 8.20. The summed E-state index contributed by atoms with van der Waals surface area (Å²) in [6.07, 6.45) is 0. The Morgan fingerprint density at radius 1 is 1.29 bits per heavy atom. The van der Waals surface area contributed by atoms with Crippen molar-refractivity contribution in [3.8, 4) is 17.0 Å². The quantitative estimate of drug-likeness (QED) is 0.337. The van der Waals surface area contributed by atoms with E-state index in [1.54, 1.807) is 6.92 Å². The maximum Gasteiger partial charge on any atom is 0.271 e. The first-order valence-corrected chi connectivity index (χ1v) is 10.0. The standard InChI is InChI=1S/C19H17N3O4S2/c1-12(28-19-21-16(11-27-19)13-6-4-3-5-7-13)18(23)20-15-10-14(22(24)25)8-9-17(15)26-2/h3-12H,1-2H3,(H,20,23). The van der Waals surface area contributed by atoms with E-state index in [2.05, 4.69) is 10.3 Å². The molecular formula is C19H17N3O4S2. The number of thioether (sulfide) groups is 1. The van der Waals surface area contributed by atoms with Crippen molar-refractivity contribution in [1.82, 2.24) is 4.98 Å². The van der Waals surface area contributed by atoms with Gasteiger partial charge in [0.1, 0.15) is 5.75 Å². The number of hydrogen-bond donors (Lipinski definition) is 1. The van der Waals surface area contributed by atoms with Crippen LogP contribution in [0.15, 0.2) is 58.3 Å². The smallest absolute Gasteiger partial charge is 0.271 e. The van der Waals surface area contributed by atoms with E-state index in [4.69, 9.17) is 4.74 Å². The predicted molar refractivity (Wildman–Crippen MR) is 111 cm³/mol. The van der Waals surface area contributed by atoms with Crippen molar-refractivity contribution in [2.45, 2.75) is 16.5 Å². The zero-order valence-electron chi connectivity index (χ0n) is 15.1. The third-order valence-corrected chi connectivity index (χ3v) is 5.92. The number of hydrogen-bond acceptors (Lipinski definition) is 7. The van der Waals surface area contributed by atoms with E-state index < -0.39 is 10.2 Å². The monoisotopic (exact) mass is 415 g/mol. The summed E-state index contributed by atoms with van der Waals surface area (Å²) in [6, 6.07) is 13.9. The lowest BCUT2D eigenvalue weighted by Gasteiger charge is -2.13. The Morgan fingerprint density at radius 3 is 2.71 bits per heavy atom. The Kier molecular flexibility index (Phi) is 6.27. The number of ether oxygens (including phenoxy) is 1. The largest absolute Gasteiger partial charge is 0.495 e. The summed E-state index contributed by atoms with van der Waals surface area (Å²) in [6.45, 7) is 1.76. The molecule has 28 heavy (non-hydrogen) atoms. The number of non-ortho nitro benzene ring substituents is 1. The van der Waals surface area contributed by atoms with Crippen molar-refractivity contribution in [1.29, 1.82) is 0 Å². The number of nitro benzene ring substituents is 1. The first-order chi connectivity index (χ1) is 13.5. The topological polar surface area (TPSA) is 94.4 Å². The molecule has 0 aliphatic rings. The average Bonchev–Trinajstić information content (AvgIpc) is 3.17. The minimum Gasteiger partial charge on any atom is -0.495 e. The molecule has 7 nitrogen and oxygen atoms in total. The number of methoxy groups -OCH3 is 1. The van der Waals surface area contributed by atoms with Gasteiger partial charge in [-0.1, -0.05) is 42.1 Å². The van der Waals surface area contributed by atoms with E-state index in [0.717, 1.165) is 15.6 Å². The Morgan fingerprint density at radius 2 is 2.04 bits per heavy atom. The first kappa shape index (κ1) is 19.8. The van der Waals surface area contributed by atoms with Crippen molar-refractivity contribution >= 4 is 40.4 Å². The second kappa shape index (κ2) is 8.85. The molecule has 1 aromatic heterocycles. The maximum atomic E-state index is 12.6. The molecular weight excluding hydrogens is 398 g/mol. The van der Waals surface area contributed by atoms with Crippen molar-refractivity contribution in [2.24, 2.45) is 0 Å². The zero-order chi connectivity index (χ0) is 20.1. The summed E-state index contributed by atoms with van der Waals surface area (Å²) < 4.78 is 5.95. The Balaban J connectivity index is 1.69. The fourth-order valence-corrected chi connectivity index (χ4v) is 4.37. The summed E-state index contributed by atoms with van der Waals surface area (Å²) in [4.78, 5) is 27.6. The van der Waals surface area contributed by atoms with Crippen LogP contribution in [0.3, 0.4) is 0 Å².